The molecule has 0 aliphatic carbocycles. The van der Waals surface area contributed by atoms with Gasteiger partial charge in [0.15, 0.2) is 11.6 Å². The van der Waals surface area contributed by atoms with Gasteiger partial charge in [-0.2, -0.15) is 0 Å². The first-order chi connectivity index (χ1) is 8.99. The van der Waals surface area contributed by atoms with Crippen molar-refractivity contribution in [3.8, 4) is 5.75 Å². The second-order valence-electron chi connectivity index (χ2n) is 4.29. The normalized spacial score (nSPS) is 10.5. The van der Waals surface area contributed by atoms with Gasteiger partial charge in [-0.15, -0.1) is 0 Å². The minimum absolute atomic E-state index is 0.0123. The summed E-state index contributed by atoms with van der Waals surface area (Å²) in [6.07, 6.45) is 1.64. The minimum atomic E-state index is -0.738. The maximum Gasteiger partial charge on any atom is 0.167 e. The molecular weight excluding hydrogens is 250 g/mol. The van der Waals surface area contributed by atoms with Crippen molar-refractivity contribution >= 4 is 5.69 Å². The summed E-state index contributed by atoms with van der Waals surface area (Å²) in [4.78, 5) is 4.20. The molecule has 0 aliphatic heterocycles. The van der Waals surface area contributed by atoms with Gasteiger partial charge in [0.25, 0.3) is 0 Å². The molecule has 1 aromatic heterocycles. The molecule has 2 aromatic rings. The Kier molecular flexibility index (Phi) is 3.64. The van der Waals surface area contributed by atoms with Gasteiger partial charge in [-0.3, -0.25) is 4.98 Å². The standard InChI is InChI=1S/C14H14F2N2O/c1-8-6-18-12(9(2)14(8)17)7-19-13-4-3-10(15)5-11(13)16/h3-6H,7H2,1-2H3,(H2,17,18). The van der Waals surface area contributed by atoms with Crippen molar-refractivity contribution in [3.63, 3.8) is 0 Å². The number of nitrogens with two attached hydrogens (primary N) is 1. The molecule has 0 amide bonds. The Hall–Kier alpha value is -2.17. The van der Waals surface area contributed by atoms with Crippen LogP contribution in [0.4, 0.5) is 14.5 Å². The van der Waals surface area contributed by atoms with Crippen molar-refractivity contribution in [2.24, 2.45) is 0 Å². The Morgan fingerprint density at radius 2 is 2.00 bits per heavy atom. The van der Waals surface area contributed by atoms with E-state index in [4.69, 9.17) is 10.5 Å². The van der Waals surface area contributed by atoms with Crippen LogP contribution in [-0.4, -0.2) is 4.98 Å². The van der Waals surface area contributed by atoms with Crippen molar-refractivity contribution in [2.75, 3.05) is 5.73 Å². The summed E-state index contributed by atoms with van der Waals surface area (Å²) >= 11 is 0. The highest BCUT2D eigenvalue weighted by atomic mass is 19.1. The number of rotatable bonds is 3. The van der Waals surface area contributed by atoms with Crippen LogP contribution in [0.5, 0.6) is 5.75 Å². The van der Waals surface area contributed by atoms with Gasteiger partial charge in [0.1, 0.15) is 12.4 Å². The van der Waals surface area contributed by atoms with Crippen molar-refractivity contribution in [1.82, 2.24) is 4.98 Å². The smallest absolute Gasteiger partial charge is 0.167 e. The molecule has 0 saturated heterocycles. The number of pyridine rings is 1. The number of nitrogen functional groups attached to an aromatic ring is 1. The van der Waals surface area contributed by atoms with Crippen LogP contribution in [0.15, 0.2) is 24.4 Å². The first-order valence-electron chi connectivity index (χ1n) is 5.77. The average Bonchev–Trinajstić information content (AvgIpc) is 2.37. The molecule has 19 heavy (non-hydrogen) atoms. The zero-order valence-electron chi connectivity index (χ0n) is 10.7. The predicted octanol–water partition coefficient (Wildman–Crippen LogP) is 3.14. The highest BCUT2D eigenvalue weighted by Crippen LogP contribution is 2.22. The monoisotopic (exact) mass is 264 g/mol. The number of aryl methyl sites for hydroxylation is 1. The molecular formula is C14H14F2N2O. The summed E-state index contributed by atoms with van der Waals surface area (Å²) < 4.78 is 31.4. The second kappa shape index (κ2) is 5.22. The van der Waals surface area contributed by atoms with Crippen LogP contribution in [0.2, 0.25) is 0 Å². The molecule has 1 heterocycles. The van der Waals surface area contributed by atoms with Gasteiger partial charge in [-0.25, -0.2) is 8.78 Å². The molecule has 0 radical (unpaired) electrons. The van der Waals surface area contributed by atoms with Crippen LogP contribution in [0.1, 0.15) is 16.8 Å². The largest absolute Gasteiger partial charge is 0.484 e. The average molecular weight is 264 g/mol. The van der Waals surface area contributed by atoms with E-state index < -0.39 is 11.6 Å². The van der Waals surface area contributed by atoms with E-state index in [0.717, 1.165) is 23.3 Å². The SMILES string of the molecule is Cc1cnc(COc2ccc(F)cc2F)c(C)c1N. The Morgan fingerprint density at radius 3 is 2.68 bits per heavy atom. The van der Waals surface area contributed by atoms with E-state index in [-0.39, 0.29) is 12.4 Å². The third-order valence-electron chi connectivity index (χ3n) is 2.93. The fourth-order valence-corrected chi connectivity index (χ4v) is 1.68. The molecule has 3 nitrogen and oxygen atoms in total. The summed E-state index contributed by atoms with van der Waals surface area (Å²) in [6, 6.07) is 3.17. The molecule has 0 atom stereocenters. The number of hydrogen-bond acceptors (Lipinski definition) is 3. The lowest BCUT2D eigenvalue weighted by molar-refractivity contribution is 0.284. The maximum atomic E-state index is 13.4. The number of anilines is 1. The van der Waals surface area contributed by atoms with E-state index in [1.54, 1.807) is 6.20 Å². The van der Waals surface area contributed by atoms with Crippen LogP contribution in [0.3, 0.4) is 0 Å². The Balaban J connectivity index is 2.17. The molecule has 2 rings (SSSR count). The lowest BCUT2D eigenvalue weighted by Gasteiger charge is -2.11. The van der Waals surface area contributed by atoms with Crippen LogP contribution < -0.4 is 10.5 Å². The number of nitrogens with zero attached hydrogens (tertiary/aromatic N) is 1. The van der Waals surface area contributed by atoms with Crippen molar-refractivity contribution in [1.29, 1.82) is 0 Å². The number of aromatic nitrogens is 1. The van der Waals surface area contributed by atoms with Gasteiger partial charge in [0.2, 0.25) is 0 Å². The topological polar surface area (TPSA) is 48.1 Å². The highest BCUT2D eigenvalue weighted by Gasteiger charge is 2.09. The molecule has 0 aliphatic rings. The minimum Gasteiger partial charge on any atom is -0.484 e. The van der Waals surface area contributed by atoms with E-state index in [1.165, 1.54) is 6.07 Å². The van der Waals surface area contributed by atoms with E-state index in [0.29, 0.717) is 11.4 Å². The Morgan fingerprint density at radius 1 is 1.26 bits per heavy atom. The van der Waals surface area contributed by atoms with Crippen molar-refractivity contribution < 1.29 is 13.5 Å². The van der Waals surface area contributed by atoms with Crippen LogP contribution in [-0.2, 0) is 6.61 Å². The Labute approximate surface area is 110 Å². The van der Waals surface area contributed by atoms with E-state index >= 15 is 0 Å². The highest BCUT2D eigenvalue weighted by molar-refractivity contribution is 5.53. The number of ether oxygens (including phenoxy) is 1. The Bertz CT molecular complexity index is 615. The summed E-state index contributed by atoms with van der Waals surface area (Å²) in [7, 11) is 0. The fourth-order valence-electron chi connectivity index (χ4n) is 1.68. The van der Waals surface area contributed by atoms with Gasteiger partial charge in [0, 0.05) is 18.0 Å². The number of halogens is 2. The van der Waals surface area contributed by atoms with Crippen molar-refractivity contribution in [2.45, 2.75) is 20.5 Å². The molecule has 5 heteroatoms. The third-order valence-corrected chi connectivity index (χ3v) is 2.93. The van der Waals surface area contributed by atoms with E-state index in [1.807, 2.05) is 13.8 Å². The zero-order valence-corrected chi connectivity index (χ0v) is 10.7. The number of hydrogen-bond donors (Lipinski definition) is 1. The van der Waals surface area contributed by atoms with Crippen LogP contribution in [0, 0.1) is 25.5 Å². The molecule has 0 bridgehead atoms. The molecule has 2 N–H and O–H groups in total. The molecule has 0 unspecified atom stereocenters. The molecule has 0 spiro atoms. The molecule has 0 saturated carbocycles. The summed E-state index contributed by atoms with van der Waals surface area (Å²) in [5, 5.41) is 0. The van der Waals surface area contributed by atoms with Gasteiger partial charge >= 0.3 is 0 Å². The van der Waals surface area contributed by atoms with Gasteiger partial charge < -0.3 is 10.5 Å². The lowest BCUT2D eigenvalue weighted by atomic mass is 10.1. The first-order valence-corrected chi connectivity index (χ1v) is 5.77. The molecule has 100 valence electrons. The lowest BCUT2D eigenvalue weighted by Crippen LogP contribution is -2.06. The fraction of sp³-hybridized carbons (Fsp3) is 0.214. The van der Waals surface area contributed by atoms with Crippen molar-refractivity contribution in [3.05, 3.63) is 52.9 Å². The quantitative estimate of drug-likeness (QED) is 0.926. The number of benzene rings is 1. The molecule has 1 aromatic carbocycles. The summed E-state index contributed by atoms with van der Waals surface area (Å²) in [5.74, 6) is -1.39. The third kappa shape index (κ3) is 2.81. The predicted molar refractivity (Wildman–Crippen MR) is 68.8 cm³/mol. The first kappa shape index (κ1) is 13.3. The van der Waals surface area contributed by atoms with Gasteiger partial charge in [-0.05, 0) is 37.1 Å². The van der Waals surface area contributed by atoms with Crippen LogP contribution >= 0.6 is 0 Å². The second-order valence-corrected chi connectivity index (χ2v) is 4.29. The van der Waals surface area contributed by atoms with Gasteiger partial charge in [-0.1, -0.05) is 0 Å². The summed E-state index contributed by atoms with van der Waals surface area (Å²) in [5.41, 5.74) is 8.85. The van der Waals surface area contributed by atoms with Crippen LogP contribution in [0.25, 0.3) is 0 Å². The van der Waals surface area contributed by atoms with Gasteiger partial charge in [0.05, 0.1) is 5.69 Å². The van der Waals surface area contributed by atoms with E-state index in [2.05, 4.69) is 4.98 Å². The van der Waals surface area contributed by atoms with E-state index in [9.17, 15) is 8.78 Å². The summed E-state index contributed by atoms with van der Waals surface area (Å²) in [6.45, 7) is 3.77. The zero-order chi connectivity index (χ0) is 14.0. The molecule has 0 fully saturated rings. The maximum absolute atomic E-state index is 13.4.